The van der Waals surface area contributed by atoms with E-state index in [0.29, 0.717) is 23.7 Å². The van der Waals surface area contributed by atoms with Crippen molar-refractivity contribution < 1.29 is 22.7 Å². The molecule has 1 aromatic heterocycles. The van der Waals surface area contributed by atoms with Crippen LogP contribution in [0.3, 0.4) is 0 Å². The molecular weight excluding hydrogens is 401 g/mol. The van der Waals surface area contributed by atoms with E-state index in [1.165, 1.54) is 23.5 Å². The molecule has 2 heterocycles. The first-order valence-corrected chi connectivity index (χ1v) is 9.77. The molecule has 0 spiro atoms. The fourth-order valence-electron chi connectivity index (χ4n) is 3.21. The van der Waals surface area contributed by atoms with Crippen molar-refractivity contribution in [3.63, 3.8) is 0 Å². The van der Waals surface area contributed by atoms with E-state index in [4.69, 9.17) is 4.74 Å². The highest BCUT2D eigenvalue weighted by Gasteiger charge is 2.31. The quantitative estimate of drug-likeness (QED) is 0.551. The van der Waals surface area contributed by atoms with Crippen LogP contribution >= 0.6 is 11.3 Å². The van der Waals surface area contributed by atoms with E-state index in [0.717, 1.165) is 23.5 Å². The summed E-state index contributed by atoms with van der Waals surface area (Å²) < 4.78 is 43.9. The van der Waals surface area contributed by atoms with Crippen molar-refractivity contribution >= 4 is 28.6 Å². The standard InChI is InChI=1S/C21H17F3N2O2S/c1-25-11-12-26(17-5-3-2-4-16(17)25)20(27)19-18(10-13-29-19)28-15-8-6-14(7-9-15)21(22,23)24/h2-10,13H,11-12H2,1H3. The molecular formula is C21H17F3N2O2S. The first-order valence-electron chi connectivity index (χ1n) is 8.89. The summed E-state index contributed by atoms with van der Waals surface area (Å²) in [6, 6.07) is 13.7. The molecule has 0 atom stereocenters. The maximum absolute atomic E-state index is 13.2. The van der Waals surface area contributed by atoms with Crippen LogP contribution in [0.25, 0.3) is 0 Å². The molecule has 8 heteroatoms. The van der Waals surface area contributed by atoms with Crippen molar-refractivity contribution in [1.82, 2.24) is 0 Å². The zero-order valence-corrected chi connectivity index (χ0v) is 16.3. The Morgan fingerprint density at radius 2 is 1.69 bits per heavy atom. The van der Waals surface area contributed by atoms with Crippen LogP contribution in [0, 0.1) is 0 Å². The van der Waals surface area contributed by atoms with Crippen LogP contribution < -0.4 is 14.5 Å². The third-order valence-electron chi connectivity index (χ3n) is 4.72. The second kappa shape index (κ2) is 7.44. The molecule has 3 aromatic rings. The van der Waals surface area contributed by atoms with Crippen LogP contribution in [0.2, 0.25) is 0 Å². The third kappa shape index (κ3) is 3.80. The molecule has 2 aromatic carbocycles. The Bertz CT molecular complexity index is 1030. The zero-order chi connectivity index (χ0) is 20.6. The normalized spacial score (nSPS) is 13.9. The number of likely N-dealkylation sites (N-methyl/N-ethyl adjacent to an activating group) is 1. The van der Waals surface area contributed by atoms with Gasteiger partial charge in [-0.1, -0.05) is 12.1 Å². The number of amides is 1. The maximum atomic E-state index is 13.2. The largest absolute Gasteiger partial charge is 0.456 e. The SMILES string of the molecule is CN1CCN(C(=O)c2sccc2Oc2ccc(C(F)(F)F)cc2)c2ccccc21. The highest BCUT2D eigenvalue weighted by atomic mass is 32.1. The lowest BCUT2D eigenvalue weighted by atomic mass is 10.1. The number of halogens is 3. The van der Waals surface area contributed by atoms with Gasteiger partial charge in [-0.2, -0.15) is 13.2 Å². The molecule has 0 saturated carbocycles. The Morgan fingerprint density at radius 1 is 1.00 bits per heavy atom. The van der Waals surface area contributed by atoms with Gasteiger partial charge in [0.25, 0.3) is 5.91 Å². The van der Waals surface area contributed by atoms with Crippen LogP contribution in [0.5, 0.6) is 11.5 Å². The lowest BCUT2D eigenvalue weighted by molar-refractivity contribution is -0.137. The molecule has 0 radical (unpaired) electrons. The number of thiophene rings is 1. The van der Waals surface area contributed by atoms with Crippen LogP contribution in [0.4, 0.5) is 24.5 Å². The summed E-state index contributed by atoms with van der Waals surface area (Å²) in [5.74, 6) is 0.378. The minimum absolute atomic E-state index is 0.192. The van der Waals surface area contributed by atoms with Crippen LogP contribution in [0.15, 0.2) is 60.0 Å². The van der Waals surface area contributed by atoms with Crippen molar-refractivity contribution in [1.29, 1.82) is 0 Å². The number of para-hydroxylation sites is 2. The highest BCUT2D eigenvalue weighted by Crippen LogP contribution is 2.37. The number of hydrogen-bond donors (Lipinski definition) is 0. The number of rotatable bonds is 3. The predicted molar refractivity (Wildman–Crippen MR) is 107 cm³/mol. The summed E-state index contributed by atoms with van der Waals surface area (Å²) >= 11 is 1.24. The second-order valence-electron chi connectivity index (χ2n) is 6.61. The van der Waals surface area contributed by atoms with Crippen molar-refractivity contribution in [2.24, 2.45) is 0 Å². The molecule has 0 unspecified atom stereocenters. The summed E-state index contributed by atoms with van der Waals surface area (Å²) in [5, 5.41) is 1.73. The zero-order valence-electron chi connectivity index (χ0n) is 15.4. The van der Waals surface area contributed by atoms with Crippen LogP contribution in [-0.4, -0.2) is 26.0 Å². The van der Waals surface area contributed by atoms with Gasteiger partial charge in [-0.25, -0.2) is 0 Å². The van der Waals surface area contributed by atoms with Gasteiger partial charge in [0.1, 0.15) is 10.6 Å². The number of alkyl halides is 3. The van der Waals surface area contributed by atoms with Gasteiger partial charge in [0.2, 0.25) is 0 Å². The van der Waals surface area contributed by atoms with E-state index >= 15 is 0 Å². The van der Waals surface area contributed by atoms with Crippen LogP contribution in [-0.2, 0) is 6.18 Å². The molecule has 0 fully saturated rings. The van der Waals surface area contributed by atoms with Gasteiger partial charge >= 0.3 is 6.18 Å². The molecule has 29 heavy (non-hydrogen) atoms. The Labute approximate surface area is 169 Å². The number of anilines is 2. The molecule has 1 aliphatic rings. The van der Waals surface area contributed by atoms with E-state index in [1.54, 1.807) is 16.3 Å². The van der Waals surface area contributed by atoms with Crippen LogP contribution in [0.1, 0.15) is 15.2 Å². The lowest BCUT2D eigenvalue weighted by Gasteiger charge is -2.35. The topological polar surface area (TPSA) is 32.8 Å². The summed E-state index contributed by atoms with van der Waals surface area (Å²) in [6.07, 6.45) is -4.41. The van der Waals surface area contributed by atoms with E-state index in [2.05, 4.69) is 4.90 Å². The lowest BCUT2D eigenvalue weighted by Crippen LogP contribution is -2.42. The van der Waals surface area contributed by atoms with Gasteiger partial charge in [0, 0.05) is 20.1 Å². The molecule has 0 saturated heterocycles. The number of fused-ring (bicyclic) bond motifs is 1. The van der Waals surface area contributed by atoms with Gasteiger partial charge < -0.3 is 14.5 Å². The second-order valence-corrected chi connectivity index (χ2v) is 7.52. The first kappa shape index (κ1) is 19.3. The molecule has 1 amide bonds. The van der Waals surface area contributed by atoms with Crippen molar-refractivity contribution in [3.05, 3.63) is 70.4 Å². The molecule has 150 valence electrons. The van der Waals surface area contributed by atoms with E-state index in [1.807, 2.05) is 31.3 Å². The molecule has 0 N–H and O–H groups in total. The summed E-state index contributed by atoms with van der Waals surface area (Å²) in [7, 11) is 1.98. The Hall–Kier alpha value is -3.00. The Balaban J connectivity index is 1.58. The third-order valence-corrected chi connectivity index (χ3v) is 5.60. The monoisotopic (exact) mass is 418 g/mol. The summed E-state index contributed by atoms with van der Waals surface area (Å²) in [5.41, 5.74) is 1.04. The minimum atomic E-state index is -4.41. The molecule has 0 bridgehead atoms. The molecule has 0 aliphatic carbocycles. The van der Waals surface area contributed by atoms with Gasteiger partial charge in [-0.15, -0.1) is 11.3 Å². The fourth-order valence-corrected chi connectivity index (χ4v) is 3.98. The van der Waals surface area contributed by atoms with Crippen molar-refractivity contribution in [2.75, 3.05) is 29.9 Å². The fraction of sp³-hybridized carbons (Fsp3) is 0.190. The summed E-state index contributed by atoms with van der Waals surface area (Å²) in [6.45, 7) is 1.23. The molecule has 4 nitrogen and oxygen atoms in total. The Morgan fingerprint density at radius 3 is 2.38 bits per heavy atom. The molecule has 4 rings (SSSR count). The summed E-state index contributed by atoms with van der Waals surface area (Å²) in [4.78, 5) is 17.4. The van der Waals surface area contributed by atoms with E-state index < -0.39 is 11.7 Å². The van der Waals surface area contributed by atoms with Gasteiger partial charge in [0.15, 0.2) is 5.75 Å². The van der Waals surface area contributed by atoms with Crippen molar-refractivity contribution in [2.45, 2.75) is 6.18 Å². The average Bonchev–Trinajstić information content (AvgIpc) is 3.16. The minimum Gasteiger partial charge on any atom is -0.456 e. The maximum Gasteiger partial charge on any atom is 0.416 e. The van der Waals surface area contributed by atoms with Gasteiger partial charge in [-0.05, 0) is 47.8 Å². The number of hydrogen-bond acceptors (Lipinski definition) is 4. The highest BCUT2D eigenvalue weighted by molar-refractivity contribution is 7.12. The first-order chi connectivity index (χ1) is 13.8. The number of nitrogens with zero attached hydrogens (tertiary/aromatic N) is 2. The molecule has 1 aliphatic heterocycles. The van der Waals surface area contributed by atoms with Gasteiger partial charge in [-0.3, -0.25) is 4.79 Å². The van der Waals surface area contributed by atoms with E-state index in [-0.39, 0.29) is 11.7 Å². The van der Waals surface area contributed by atoms with Gasteiger partial charge in [0.05, 0.1) is 16.9 Å². The van der Waals surface area contributed by atoms with E-state index in [9.17, 15) is 18.0 Å². The number of ether oxygens (including phenoxy) is 1. The Kier molecular flexibility index (Phi) is 4.96. The number of carbonyl (C=O) groups is 1. The number of benzene rings is 2. The van der Waals surface area contributed by atoms with Crippen molar-refractivity contribution in [3.8, 4) is 11.5 Å². The number of carbonyl (C=O) groups excluding carboxylic acids is 1. The average molecular weight is 418 g/mol. The smallest absolute Gasteiger partial charge is 0.416 e. The predicted octanol–water partition coefficient (Wildman–Crippen LogP) is 5.66.